The largest absolute Gasteiger partial charge is 0.497 e. The van der Waals surface area contributed by atoms with Gasteiger partial charge in [0.15, 0.2) is 0 Å². The molecule has 1 radical (unpaired) electrons. The van der Waals surface area contributed by atoms with E-state index >= 15 is 0 Å². The van der Waals surface area contributed by atoms with Crippen molar-refractivity contribution in [3.8, 4) is 67.3 Å². The maximum Gasteiger partial charge on any atom is 0.119 e. The fourth-order valence-electron chi connectivity index (χ4n) is 6.38. The van der Waals surface area contributed by atoms with Crippen molar-refractivity contribution < 1.29 is 9.47 Å². The van der Waals surface area contributed by atoms with Crippen molar-refractivity contribution in [3.63, 3.8) is 0 Å². The molecule has 6 rings (SSSR count). The molecule has 6 aromatic rings. The third-order valence-corrected chi connectivity index (χ3v) is 8.81. The first-order valence-corrected chi connectivity index (χ1v) is 16.4. The third-order valence-electron chi connectivity index (χ3n) is 8.81. The van der Waals surface area contributed by atoms with Crippen LogP contribution in [0.1, 0.15) is 52.7 Å². The van der Waals surface area contributed by atoms with Crippen molar-refractivity contribution in [2.45, 2.75) is 52.4 Å². The van der Waals surface area contributed by atoms with E-state index in [0.29, 0.717) is 0 Å². The van der Waals surface area contributed by atoms with E-state index in [-0.39, 0.29) is 10.8 Å². The zero-order chi connectivity index (χ0) is 34.1. The van der Waals surface area contributed by atoms with E-state index in [1.807, 2.05) is 55.0 Å². The highest BCUT2D eigenvalue weighted by molar-refractivity contribution is 6.01. The van der Waals surface area contributed by atoms with Gasteiger partial charge >= 0.3 is 0 Å². The minimum Gasteiger partial charge on any atom is -0.497 e. The van der Waals surface area contributed by atoms with E-state index in [4.69, 9.17) is 14.5 Å². The summed E-state index contributed by atoms with van der Waals surface area (Å²) in [7, 11) is 3.40. The van der Waals surface area contributed by atoms with Gasteiger partial charge in [0.25, 0.3) is 0 Å². The Balaban J connectivity index is 1.81. The number of hydrogen-bond acceptors (Lipinski definition) is 4. The van der Waals surface area contributed by atoms with Crippen LogP contribution in [0.3, 0.4) is 0 Å². The summed E-state index contributed by atoms with van der Waals surface area (Å²) in [6, 6.07) is 37.8. The van der Waals surface area contributed by atoms with Gasteiger partial charge in [0.1, 0.15) is 11.5 Å². The summed E-state index contributed by atoms with van der Waals surface area (Å²) in [4.78, 5) is 9.38. The molecule has 0 aliphatic heterocycles. The number of nitrogens with zero attached hydrogens (tertiary/aromatic N) is 2. The monoisotopic (exact) mass is 631 g/mol. The molecule has 0 aliphatic carbocycles. The van der Waals surface area contributed by atoms with E-state index in [2.05, 4.69) is 113 Å². The van der Waals surface area contributed by atoms with Gasteiger partial charge in [-0.2, -0.15) is 0 Å². The van der Waals surface area contributed by atoms with Gasteiger partial charge in [0.2, 0.25) is 0 Å². The lowest BCUT2D eigenvalue weighted by atomic mass is 9.72. The SMILES string of the molecule is COc1ccc(-c2[c]c(-c3ccc(OC)cc3-c3ccccn3)c(-c3ccc(C(C)(C)C)cc3)c(C(C)(C)C)c2-c2cccnc2)cc1. The molecule has 0 fully saturated rings. The van der Waals surface area contributed by atoms with Gasteiger partial charge in [-0.15, -0.1) is 0 Å². The van der Waals surface area contributed by atoms with Crippen LogP contribution in [-0.2, 0) is 10.8 Å². The van der Waals surface area contributed by atoms with Gasteiger partial charge in [-0.25, -0.2) is 0 Å². The molecule has 0 atom stereocenters. The Morgan fingerprint density at radius 2 is 1.23 bits per heavy atom. The number of ether oxygens (including phenoxy) is 2. The van der Waals surface area contributed by atoms with Crippen LogP contribution in [0.2, 0.25) is 0 Å². The van der Waals surface area contributed by atoms with Crippen LogP contribution in [0.4, 0.5) is 0 Å². The second-order valence-corrected chi connectivity index (χ2v) is 14.2. The lowest BCUT2D eigenvalue weighted by Gasteiger charge is -2.32. The van der Waals surface area contributed by atoms with E-state index in [1.54, 1.807) is 14.2 Å². The summed E-state index contributed by atoms with van der Waals surface area (Å²) in [6.45, 7) is 13.6. The zero-order valence-corrected chi connectivity index (χ0v) is 29.2. The molecule has 0 saturated heterocycles. The first kappa shape index (κ1) is 32.7. The lowest BCUT2D eigenvalue weighted by molar-refractivity contribution is 0.415. The summed E-state index contributed by atoms with van der Waals surface area (Å²) >= 11 is 0. The van der Waals surface area contributed by atoms with E-state index in [1.165, 1.54) is 11.1 Å². The van der Waals surface area contributed by atoms with Crippen molar-refractivity contribution in [3.05, 3.63) is 133 Å². The van der Waals surface area contributed by atoms with Crippen LogP contribution in [0.5, 0.6) is 11.5 Å². The van der Waals surface area contributed by atoms with Crippen LogP contribution >= 0.6 is 0 Å². The molecule has 2 heterocycles. The topological polar surface area (TPSA) is 44.2 Å². The number of hydrogen-bond donors (Lipinski definition) is 0. The third kappa shape index (κ3) is 6.48. The molecule has 0 unspecified atom stereocenters. The minimum absolute atomic E-state index is 0.0293. The Morgan fingerprint density at radius 1 is 0.562 bits per heavy atom. The summed E-state index contributed by atoms with van der Waals surface area (Å²) in [6.07, 6.45) is 5.63. The van der Waals surface area contributed by atoms with Gasteiger partial charge in [-0.05, 0) is 115 Å². The molecule has 0 bridgehead atoms. The summed E-state index contributed by atoms with van der Waals surface area (Å²) in [5.74, 6) is 1.58. The van der Waals surface area contributed by atoms with Crippen LogP contribution in [0.15, 0.2) is 116 Å². The Kier molecular flexibility index (Phi) is 8.94. The van der Waals surface area contributed by atoms with E-state index < -0.39 is 0 Å². The highest BCUT2D eigenvalue weighted by atomic mass is 16.5. The molecule has 0 aliphatic rings. The molecule has 48 heavy (non-hydrogen) atoms. The average molecular weight is 632 g/mol. The average Bonchev–Trinajstić information content (AvgIpc) is 3.10. The van der Waals surface area contributed by atoms with Crippen LogP contribution in [0, 0.1) is 6.07 Å². The Hall–Kier alpha value is -5.22. The highest BCUT2D eigenvalue weighted by Crippen LogP contribution is 2.51. The van der Waals surface area contributed by atoms with Crippen LogP contribution in [0.25, 0.3) is 55.8 Å². The number of rotatable bonds is 7. The molecule has 241 valence electrons. The predicted molar refractivity (Wildman–Crippen MR) is 199 cm³/mol. The summed E-state index contributed by atoms with van der Waals surface area (Å²) < 4.78 is 11.3. The summed E-state index contributed by atoms with van der Waals surface area (Å²) in [5.41, 5.74) is 12.6. The Labute approximate surface area is 285 Å². The smallest absolute Gasteiger partial charge is 0.119 e. The number of aromatic nitrogens is 2. The zero-order valence-electron chi connectivity index (χ0n) is 29.2. The second-order valence-electron chi connectivity index (χ2n) is 14.2. The van der Waals surface area contributed by atoms with Crippen LogP contribution < -0.4 is 9.47 Å². The molecule has 0 spiro atoms. The standard InChI is InChI=1S/C44H43N2O2/c1-43(2,3)32-18-14-30(15-19-32)40-38(35-23-22-34(48-8)26-37(35)39-13-9-10-25-46-39)27-36(29-16-20-33(47-7)21-17-29)41(42(40)44(4,5)6)31-12-11-24-45-28-31/h9-26,28H,1-8H3. The van der Waals surface area contributed by atoms with Crippen molar-refractivity contribution in [1.29, 1.82) is 0 Å². The maximum atomic E-state index is 5.74. The minimum atomic E-state index is -0.272. The number of methoxy groups -OCH3 is 2. The molecular weight excluding hydrogens is 588 g/mol. The number of benzene rings is 4. The molecule has 4 nitrogen and oxygen atoms in total. The molecule has 4 aromatic carbocycles. The van der Waals surface area contributed by atoms with Gasteiger partial charge in [0.05, 0.1) is 19.9 Å². The predicted octanol–water partition coefficient (Wildman–Crippen LogP) is 11.2. The first-order chi connectivity index (χ1) is 23.0. The molecule has 0 amide bonds. The highest BCUT2D eigenvalue weighted by Gasteiger charge is 2.31. The van der Waals surface area contributed by atoms with Gasteiger partial charge in [-0.3, -0.25) is 9.97 Å². The van der Waals surface area contributed by atoms with Crippen molar-refractivity contribution >= 4 is 0 Å². The fourth-order valence-corrected chi connectivity index (χ4v) is 6.38. The van der Waals surface area contributed by atoms with E-state index in [0.717, 1.165) is 67.3 Å². The summed E-state index contributed by atoms with van der Waals surface area (Å²) in [5, 5.41) is 0. The molecule has 0 N–H and O–H groups in total. The quantitative estimate of drug-likeness (QED) is 0.176. The van der Waals surface area contributed by atoms with Crippen molar-refractivity contribution in [1.82, 2.24) is 9.97 Å². The molecule has 4 heteroatoms. The Bertz CT molecular complexity index is 2020. The molecule has 2 aromatic heterocycles. The Morgan fingerprint density at radius 3 is 1.81 bits per heavy atom. The van der Waals surface area contributed by atoms with Gasteiger partial charge < -0.3 is 9.47 Å². The van der Waals surface area contributed by atoms with Gasteiger partial charge in [0, 0.05) is 29.7 Å². The van der Waals surface area contributed by atoms with E-state index in [9.17, 15) is 0 Å². The second kappa shape index (κ2) is 13.1. The number of pyridine rings is 2. The van der Waals surface area contributed by atoms with Crippen molar-refractivity contribution in [2.75, 3.05) is 14.2 Å². The van der Waals surface area contributed by atoms with Crippen molar-refractivity contribution in [2.24, 2.45) is 0 Å². The normalized spacial score (nSPS) is 11.8. The lowest BCUT2D eigenvalue weighted by Crippen LogP contribution is -2.17. The first-order valence-electron chi connectivity index (χ1n) is 16.4. The molecule has 0 saturated carbocycles. The van der Waals surface area contributed by atoms with Crippen LogP contribution in [-0.4, -0.2) is 24.2 Å². The fraction of sp³-hybridized carbons (Fsp3) is 0.227. The van der Waals surface area contributed by atoms with Gasteiger partial charge in [-0.1, -0.05) is 90.1 Å². The molecular formula is C44H43N2O2. The maximum absolute atomic E-state index is 5.74.